The third-order valence-electron chi connectivity index (χ3n) is 28.2. The average Bonchev–Trinajstić information content (AvgIpc) is 1.66. The second kappa shape index (κ2) is 21.9. The van der Waals surface area contributed by atoms with Crippen LogP contribution in [0.4, 0.5) is 34.1 Å². The molecule has 0 radical (unpaired) electrons. The minimum Gasteiger partial charge on any atom is -0.334 e. The normalized spacial score (nSPS) is 24.9. The Hall–Kier alpha value is -8.66. The van der Waals surface area contributed by atoms with Crippen LogP contribution in [0.3, 0.4) is 0 Å². The maximum absolute atomic E-state index is 2.77. The number of hydrogen-bond acceptors (Lipinski definition) is 3. The van der Waals surface area contributed by atoms with Gasteiger partial charge in [-0.15, -0.1) is 0 Å². The van der Waals surface area contributed by atoms with Gasteiger partial charge in [-0.3, -0.25) is 0 Å². The summed E-state index contributed by atoms with van der Waals surface area (Å²) in [5, 5.41) is 10.5. The van der Waals surface area contributed by atoms with Crippen LogP contribution in [0.1, 0.15) is 214 Å². The van der Waals surface area contributed by atoms with Crippen LogP contribution in [-0.4, -0.2) is 16.6 Å². The third kappa shape index (κ3) is 9.08. The lowest BCUT2D eigenvalue weighted by atomic mass is 9.61. The molecule has 3 heterocycles. The molecular weight excluding hydrogens is 1220 g/mol. The summed E-state index contributed by atoms with van der Waals surface area (Å²) in [6.45, 7) is 36.6. The van der Waals surface area contributed by atoms with Crippen molar-refractivity contribution in [2.45, 2.75) is 230 Å². The molecule has 510 valence electrons. The molecule has 18 rings (SSSR count). The molecule has 6 unspecified atom stereocenters. The number of fused-ring (bicyclic) bond motifs is 10. The summed E-state index contributed by atoms with van der Waals surface area (Å²) >= 11 is 0. The molecule has 6 aliphatic rings. The molecule has 3 saturated carbocycles. The highest BCUT2D eigenvalue weighted by atomic mass is 15.3. The van der Waals surface area contributed by atoms with Crippen molar-refractivity contribution in [3.63, 3.8) is 0 Å². The molecular formula is C98H103N3. The van der Waals surface area contributed by atoms with Gasteiger partial charge in [0, 0.05) is 50.4 Å². The van der Waals surface area contributed by atoms with Crippen molar-refractivity contribution < 1.29 is 0 Å². The molecule has 101 heavy (non-hydrogen) atoms. The minimum absolute atomic E-state index is 0.0584. The van der Waals surface area contributed by atoms with Gasteiger partial charge in [0.15, 0.2) is 0 Å². The van der Waals surface area contributed by atoms with Gasteiger partial charge in [-0.2, -0.15) is 0 Å². The first-order chi connectivity index (χ1) is 48.2. The van der Waals surface area contributed by atoms with Crippen LogP contribution >= 0.6 is 0 Å². The number of nitrogens with zero attached hydrogens (tertiary/aromatic N) is 3. The van der Waals surface area contributed by atoms with E-state index in [1.807, 2.05) is 0 Å². The highest BCUT2D eigenvalue weighted by Crippen LogP contribution is 2.66. The Morgan fingerprint density at radius 1 is 0.267 bits per heavy atom. The van der Waals surface area contributed by atoms with E-state index in [9.17, 15) is 0 Å². The van der Waals surface area contributed by atoms with Crippen molar-refractivity contribution in [1.29, 1.82) is 0 Å². The average molecular weight is 1320 g/mol. The zero-order valence-electron chi connectivity index (χ0n) is 63.0. The second-order valence-corrected chi connectivity index (χ2v) is 36.6. The molecule has 12 aromatic rings. The van der Waals surface area contributed by atoms with Crippen LogP contribution in [0, 0.1) is 0 Å². The molecule has 12 aromatic carbocycles. The first-order valence-corrected chi connectivity index (χ1v) is 38.6. The molecule has 3 aliphatic carbocycles. The van der Waals surface area contributed by atoms with E-state index in [0.29, 0.717) is 0 Å². The van der Waals surface area contributed by atoms with Gasteiger partial charge >= 0.3 is 0 Å². The van der Waals surface area contributed by atoms with Gasteiger partial charge in [-0.25, -0.2) is 0 Å². The van der Waals surface area contributed by atoms with Crippen LogP contribution in [-0.2, 0) is 32.5 Å². The lowest BCUT2D eigenvalue weighted by molar-refractivity contribution is 0.195. The van der Waals surface area contributed by atoms with Crippen LogP contribution in [0.2, 0.25) is 0 Å². The van der Waals surface area contributed by atoms with Crippen molar-refractivity contribution in [3.05, 3.63) is 240 Å². The standard InChI is InChI=1S/C98H103N3/c1-90(2,3)66-32-38-69(39-33-66)99-85-48-29-63(57-82(85)93(10)51-18-21-54-96(93,99)13)78-60-79(64-30-49-86-83(58-64)94(11)52-19-22-55-97(94,14)100(86)70-40-34-67(35-41-70)91(4,5)6)75-46-47-77-81(73-28-24-26-62-25-16-17-27-72(62)73)61-80(76-45-44-74(78)88(75)89(76)77)65-31-50-87-84(59-65)95(12)53-20-23-56-98(95,15)101(87)71-42-36-68(37-43-71)92(7,8)9/h16-17,24-50,57-61H,18-23,51-56H2,1-15H3. The first kappa shape index (κ1) is 64.4. The van der Waals surface area contributed by atoms with Crippen molar-refractivity contribution in [2.24, 2.45) is 0 Å². The molecule has 0 N–H and O–H groups in total. The Kier molecular flexibility index (Phi) is 14.0. The SMILES string of the molecule is CC(C)(C)c1ccc(N2c3ccc(-c4cc(-c5ccc6c(c5)C5(C)CCCCC5(C)N6c5ccc(C(C)(C)C)cc5)c5ccc6c(-c7cccc8ccccc78)cc(-c7ccc8c(c7)C7(C)CCCCC7(C)N8c7ccc(C(C)(C)C)cc7)c7ccc4c5c76)cc3C3(C)CCCCC23C)cc1. The zero-order chi connectivity index (χ0) is 69.9. The fourth-order valence-corrected chi connectivity index (χ4v) is 21.6. The van der Waals surface area contributed by atoms with E-state index in [2.05, 4.69) is 325 Å². The molecule has 3 fully saturated rings. The highest BCUT2D eigenvalue weighted by molar-refractivity contribution is 6.32. The van der Waals surface area contributed by atoms with E-state index in [4.69, 9.17) is 0 Å². The van der Waals surface area contributed by atoms with Gasteiger partial charge in [0.2, 0.25) is 0 Å². The van der Waals surface area contributed by atoms with E-state index >= 15 is 0 Å². The Bertz CT molecular complexity index is 5190. The fourth-order valence-electron chi connectivity index (χ4n) is 21.6. The summed E-state index contributed by atoms with van der Waals surface area (Å²) < 4.78 is 0. The van der Waals surface area contributed by atoms with Crippen molar-refractivity contribution in [1.82, 2.24) is 0 Å². The van der Waals surface area contributed by atoms with Crippen LogP contribution in [0.5, 0.6) is 0 Å². The van der Waals surface area contributed by atoms with Gasteiger partial charge in [0.05, 0.1) is 16.6 Å². The van der Waals surface area contributed by atoms with Crippen molar-refractivity contribution >= 4 is 77.2 Å². The molecule has 0 amide bonds. The van der Waals surface area contributed by atoms with E-state index in [1.165, 1.54) is 194 Å². The smallest absolute Gasteiger partial charge is 0.0517 e. The zero-order valence-corrected chi connectivity index (χ0v) is 63.0. The topological polar surface area (TPSA) is 9.72 Å². The van der Waals surface area contributed by atoms with E-state index < -0.39 is 0 Å². The molecule has 0 spiro atoms. The Balaban J connectivity index is 0.903. The van der Waals surface area contributed by atoms with Gasteiger partial charge < -0.3 is 14.7 Å². The summed E-state index contributed by atoms with van der Waals surface area (Å²) in [6, 6.07) is 83.4. The Morgan fingerprint density at radius 2 is 0.574 bits per heavy atom. The molecule has 3 heteroatoms. The summed E-state index contributed by atoms with van der Waals surface area (Å²) in [7, 11) is 0. The van der Waals surface area contributed by atoms with Gasteiger partial charge in [0.1, 0.15) is 0 Å². The minimum atomic E-state index is -0.0884. The quantitative estimate of drug-likeness (QED) is 0.147. The predicted octanol–water partition coefficient (Wildman–Crippen LogP) is 27.5. The number of benzene rings is 12. The summed E-state index contributed by atoms with van der Waals surface area (Å²) in [6.07, 6.45) is 14.4. The summed E-state index contributed by atoms with van der Waals surface area (Å²) in [4.78, 5) is 8.30. The Morgan fingerprint density at radius 3 is 0.921 bits per heavy atom. The van der Waals surface area contributed by atoms with E-state index in [0.717, 1.165) is 38.5 Å². The molecule has 3 aliphatic heterocycles. The highest BCUT2D eigenvalue weighted by Gasteiger charge is 2.60. The largest absolute Gasteiger partial charge is 0.334 e. The third-order valence-corrected chi connectivity index (χ3v) is 28.2. The predicted molar refractivity (Wildman–Crippen MR) is 434 cm³/mol. The number of rotatable bonds is 7. The molecule has 6 atom stereocenters. The number of anilines is 6. The summed E-state index contributed by atoms with van der Waals surface area (Å²) in [5.74, 6) is 0. The molecule has 3 nitrogen and oxygen atoms in total. The second-order valence-electron chi connectivity index (χ2n) is 36.6. The van der Waals surface area contributed by atoms with Crippen LogP contribution in [0.25, 0.3) is 87.6 Å². The molecule has 0 saturated heterocycles. The molecule has 0 bridgehead atoms. The Labute approximate surface area is 602 Å². The van der Waals surface area contributed by atoms with Gasteiger partial charge in [-0.1, -0.05) is 243 Å². The summed E-state index contributed by atoms with van der Waals surface area (Å²) in [5.41, 5.74) is 26.7. The van der Waals surface area contributed by atoms with Crippen molar-refractivity contribution in [3.8, 4) is 44.5 Å². The van der Waals surface area contributed by atoms with Crippen molar-refractivity contribution in [2.75, 3.05) is 14.7 Å². The first-order valence-electron chi connectivity index (χ1n) is 38.6. The monoisotopic (exact) mass is 1320 g/mol. The maximum atomic E-state index is 2.77. The number of hydrogen-bond donors (Lipinski definition) is 0. The maximum Gasteiger partial charge on any atom is 0.0517 e. The van der Waals surface area contributed by atoms with E-state index in [1.54, 1.807) is 0 Å². The lowest BCUT2D eigenvalue weighted by Gasteiger charge is -2.50. The van der Waals surface area contributed by atoms with Gasteiger partial charge in [-0.05, 0) is 281 Å². The fraction of sp³-hybridized carbons (Fsp3) is 0.367. The van der Waals surface area contributed by atoms with E-state index in [-0.39, 0.29) is 49.1 Å². The van der Waals surface area contributed by atoms with Crippen LogP contribution < -0.4 is 14.7 Å². The van der Waals surface area contributed by atoms with Crippen LogP contribution in [0.15, 0.2) is 206 Å². The molecule has 0 aromatic heterocycles. The lowest BCUT2D eigenvalue weighted by Crippen LogP contribution is -2.54. The van der Waals surface area contributed by atoms with Gasteiger partial charge in [0.25, 0.3) is 0 Å².